The summed E-state index contributed by atoms with van der Waals surface area (Å²) < 4.78 is 0. The SMILES string of the molecule is Cc1ccc2c(c1)Cc1ncccc1N2C. The van der Waals surface area contributed by atoms with Gasteiger partial charge < -0.3 is 4.90 Å². The minimum absolute atomic E-state index is 0.942. The molecule has 0 spiro atoms. The van der Waals surface area contributed by atoms with Crippen LogP contribution in [-0.4, -0.2) is 12.0 Å². The second kappa shape index (κ2) is 3.34. The monoisotopic (exact) mass is 210 g/mol. The fourth-order valence-electron chi connectivity index (χ4n) is 2.36. The van der Waals surface area contributed by atoms with E-state index in [1.54, 1.807) is 0 Å². The van der Waals surface area contributed by atoms with Crippen LogP contribution < -0.4 is 4.90 Å². The molecular formula is C14H14N2. The quantitative estimate of drug-likeness (QED) is 0.664. The van der Waals surface area contributed by atoms with Gasteiger partial charge in [-0.3, -0.25) is 4.98 Å². The lowest BCUT2D eigenvalue weighted by atomic mass is 9.98. The van der Waals surface area contributed by atoms with Crippen molar-refractivity contribution in [3.63, 3.8) is 0 Å². The Morgan fingerprint density at radius 1 is 1.19 bits per heavy atom. The molecule has 1 aliphatic rings. The Bertz CT molecular complexity index is 546. The van der Waals surface area contributed by atoms with E-state index in [0.717, 1.165) is 6.42 Å². The summed E-state index contributed by atoms with van der Waals surface area (Å²) >= 11 is 0. The first-order chi connectivity index (χ1) is 7.75. The highest BCUT2D eigenvalue weighted by molar-refractivity contribution is 5.72. The fourth-order valence-corrected chi connectivity index (χ4v) is 2.36. The number of aryl methyl sites for hydroxylation is 1. The highest BCUT2D eigenvalue weighted by Gasteiger charge is 2.19. The van der Waals surface area contributed by atoms with Crippen molar-refractivity contribution in [3.05, 3.63) is 53.3 Å². The zero-order chi connectivity index (χ0) is 11.1. The van der Waals surface area contributed by atoms with Gasteiger partial charge in [-0.1, -0.05) is 17.7 Å². The van der Waals surface area contributed by atoms with Crippen LogP contribution in [0.4, 0.5) is 11.4 Å². The van der Waals surface area contributed by atoms with E-state index in [1.165, 1.54) is 28.2 Å². The van der Waals surface area contributed by atoms with E-state index >= 15 is 0 Å². The van der Waals surface area contributed by atoms with Crippen molar-refractivity contribution in [1.82, 2.24) is 4.98 Å². The van der Waals surface area contributed by atoms with Gasteiger partial charge in [0.1, 0.15) is 0 Å². The Labute approximate surface area is 95.6 Å². The van der Waals surface area contributed by atoms with Crippen LogP contribution in [0.5, 0.6) is 0 Å². The van der Waals surface area contributed by atoms with Crippen molar-refractivity contribution in [2.75, 3.05) is 11.9 Å². The molecule has 2 aromatic rings. The minimum atomic E-state index is 0.942. The van der Waals surface area contributed by atoms with E-state index in [4.69, 9.17) is 0 Å². The van der Waals surface area contributed by atoms with Gasteiger partial charge in [0.2, 0.25) is 0 Å². The molecule has 0 saturated carbocycles. The van der Waals surface area contributed by atoms with E-state index < -0.39 is 0 Å². The van der Waals surface area contributed by atoms with Gasteiger partial charge in [-0.2, -0.15) is 0 Å². The number of hydrogen-bond acceptors (Lipinski definition) is 2. The molecule has 16 heavy (non-hydrogen) atoms. The standard InChI is InChI=1S/C14H14N2/c1-10-5-6-13-11(8-10)9-12-14(16(13)2)4-3-7-15-12/h3-8H,9H2,1-2H3. The molecule has 2 heteroatoms. The van der Waals surface area contributed by atoms with Crippen LogP contribution in [0.1, 0.15) is 16.8 Å². The largest absolute Gasteiger partial charge is 0.343 e. The van der Waals surface area contributed by atoms with E-state index in [0.29, 0.717) is 0 Å². The van der Waals surface area contributed by atoms with Crippen LogP contribution in [0.25, 0.3) is 0 Å². The van der Waals surface area contributed by atoms with Gasteiger partial charge in [-0.15, -0.1) is 0 Å². The van der Waals surface area contributed by atoms with Crippen molar-refractivity contribution < 1.29 is 0 Å². The summed E-state index contributed by atoms with van der Waals surface area (Å²) in [6.07, 6.45) is 2.81. The predicted molar refractivity (Wildman–Crippen MR) is 66.3 cm³/mol. The van der Waals surface area contributed by atoms with Crippen molar-refractivity contribution in [2.45, 2.75) is 13.3 Å². The lowest BCUT2D eigenvalue weighted by Gasteiger charge is -2.29. The Morgan fingerprint density at radius 3 is 2.94 bits per heavy atom. The first kappa shape index (κ1) is 9.40. The fraction of sp³-hybridized carbons (Fsp3) is 0.214. The molecule has 0 atom stereocenters. The minimum Gasteiger partial charge on any atom is -0.343 e. The maximum atomic E-state index is 4.46. The normalized spacial score (nSPS) is 13.2. The number of aromatic nitrogens is 1. The van der Waals surface area contributed by atoms with Crippen LogP contribution in [0.2, 0.25) is 0 Å². The van der Waals surface area contributed by atoms with Gasteiger partial charge in [0.15, 0.2) is 0 Å². The number of hydrogen-bond donors (Lipinski definition) is 0. The molecule has 1 aromatic carbocycles. The number of fused-ring (bicyclic) bond motifs is 2. The molecule has 0 bridgehead atoms. The lowest BCUT2D eigenvalue weighted by molar-refractivity contribution is 0.988. The number of rotatable bonds is 0. The van der Waals surface area contributed by atoms with Crippen molar-refractivity contribution in [2.24, 2.45) is 0 Å². The Morgan fingerprint density at radius 2 is 2.06 bits per heavy atom. The van der Waals surface area contributed by atoms with Crippen LogP contribution in [0.15, 0.2) is 36.5 Å². The smallest absolute Gasteiger partial charge is 0.0684 e. The predicted octanol–water partition coefficient (Wildman–Crippen LogP) is 3.06. The van der Waals surface area contributed by atoms with Crippen LogP contribution in [0.3, 0.4) is 0 Å². The number of nitrogens with zero attached hydrogens (tertiary/aromatic N) is 2. The van der Waals surface area contributed by atoms with Gasteiger partial charge in [-0.25, -0.2) is 0 Å². The third-order valence-electron chi connectivity index (χ3n) is 3.18. The molecular weight excluding hydrogens is 196 g/mol. The summed E-state index contributed by atoms with van der Waals surface area (Å²) in [6, 6.07) is 10.7. The van der Waals surface area contributed by atoms with Gasteiger partial charge in [0.25, 0.3) is 0 Å². The molecule has 0 aliphatic carbocycles. The van der Waals surface area contributed by atoms with E-state index in [-0.39, 0.29) is 0 Å². The maximum absolute atomic E-state index is 4.46. The Balaban J connectivity index is 2.18. The van der Waals surface area contributed by atoms with Crippen molar-refractivity contribution >= 4 is 11.4 Å². The number of pyridine rings is 1. The summed E-state index contributed by atoms with van der Waals surface area (Å²) in [5.41, 5.74) is 6.37. The Hall–Kier alpha value is -1.83. The molecule has 0 amide bonds. The van der Waals surface area contributed by atoms with Crippen molar-refractivity contribution in [1.29, 1.82) is 0 Å². The number of anilines is 2. The first-order valence-corrected chi connectivity index (χ1v) is 5.53. The molecule has 0 N–H and O–H groups in total. The molecule has 0 radical (unpaired) electrons. The lowest BCUT2D eigenvalue weighted by Crippen LogP contribution is -2.19. The van der Waals surface area contributed by atoms with Crippen LogP contribution in [0, 0.1) is 6.92 Å². The molecule has 2 nitrogen and oxygen atoms in total. The zero-order valence-electron chi connectivity index (χ0n) is 9.57. The molecule has 0 unspecified atom stereocenters. The summed E-state index contributed by atoms with van der Waals surface area (Å²) in [6.45, 7) is 2.13. The average molecular weight is 210 g/mol. The summed E-state index contributed by atoms with van der Waals surface area (Å²) in [5.74, 6) is 0. The Kier molecular flexibility index (Phi) is 1.96. The second-order valence-corrected chi connectivity index (χ2v) is 4.34. The molecule has 80 valence electrons. The summed E-state index contributed by atoms with van der Waals surface area (Å²) in [5, 5.41) is 0. The molecule has 2 heterocycles. The summed E-state index contributed by atoms with van der Waals surface area (Å²) in [7, 11) is 2.10. The molecule has 1 aromatic heterocycles. The summed E-state index contributed by atoms with van der Waals surface area (Å²) in [4.78, 5) is 6.68. The first-order valence-electron chi connectivity index (χ1n) is 5.53. The third kappa shape index (κ3) is 1.30. The van der Waals surface area contributed by atoms with E-state index in [2.05, 4.69) is 48.1 Å². The third-order valence-corrected chi connectivity index (χ3v) is 3.18. The maximum Gasteiger partial charge on any atom is 0.0684 e. The highest BCUT2D eigenvalue weighted by Crippen LogP contribution is 2.36. The van der Waals surface area contributed by atoms with Crippen molar-refractivity contribution in [3.8, 4) is 0 Å². The number of benzene rings is 1. The molecule has 3 rings (SSSR count). The molecule has 1 aliphatic heterocycles. The van der Waals surface area contributed by atoms with Gasteiger partial charge in [0, 0.05) is 25.4 Å². The average Bonchev–Trinajstić information content (AvgIpc) is 2.29. The topological polar surface area (TPSA) is 16.1 Å². The van der Waals surface area contributed by atoms with E-state index in [1.807, 2.05) is 12.3 Å². The molecule has 0 fully saturated rings. The molecule has 0 saturated heterocycles. The van der Waals surface area contributed by atoms with Gasteiger partial charge in [0.05, 0.1) is 11.4 Å². The van der Waals surface area contributed by atoms with Crippen LogP contribution in [-0.2, 0) is 6.42 Å². The highest BCUT2D eigenvalue weighted by atomic mass is 15.1. The zero-order valence-corrected chi connectivity index (χ0v) is 9.57. The van der Waals surface area contributed by atoms with Crippen LogP contribution >= 0.6 is 0 Å². The second-order valence-electron chi connectivity index (χ2n) is 4.34. The van der Waals surface area contributed by atoms with Gasteiger partial charge >= 0.3 is 0 Å². The van der Waals surface area contributed by atoms with E-state index in [9.17, 15) is 0 Å². The van der Waals surface area contributed by atoms with Gasteiger partial charge in [-0.05, 0) is 30.7 Å².